The summed E-state index contributed by atoms with van der Waals surface area (Å²) in [6, 6.07) is 8.79. The molecule has 20 heavy (non-hydrogen) atoms. The van der Waals surface area contributed by atoms with E-state index in [-0.39, 0.29) is 18.4 Å². The molecule has 110 valence electrons. The Bertz CT molecular complexity index is 430. The molecule has 1 aromatic carbocycles. The molecular formula is C13H19ClN4O2. The Labute approximate surface area is 123 Å². The third-order valence-electron chi connectivity index (χ3n) is 2.71. The van der Waals surface area contributed by atoms with Gasteiger partial charge >= 0.3 is 0 Å². The van der Waals surface area contributed by atoms with E-state index in [0.717, 1.165) is 6.34 Å². The van der Waals surface area contributed by atoms with Crippen molar-refractivity contribution >= 4 is 23.8 Å². The minimum absolute atomic E-state index is 0.136. The van der Waals surface area contributed by atoms with Gasteiger partial charge in [-0.05, 0) is 12.1 Å². The summed E-state index contributed by atoms with van der Waals surface area (Å²) in [6.07, 6.45) is -0.0912. The van der Waals surface area contributed by atoms with Crippen LogP contribution in [0.15, 0.2) is 30.3 Å². The molecule has 2 atom stereocenters. The Morgan fingerprint density at radius 3 is 2.70 bits per heavy atom. The molecule has 0 aliphatic rings. The summed E-state index contributed by atoms with van der Waals surface area (Å²) in [6.45, 7) is 0.193. The van der Waals surface area contributed by atoms with Crippen LogP contribution in [0.25, 0.3) is 0 Å². The van der Waals surface area contributed by atoms with Gasteiger partial charge in [0.25, 0.3) is 5.91 Å². The second kappa shape index (κ2) is 8.52. The van der Waals surface area contributed by atoms with Crippen molar-refractivity contribution in [3.63, 3.8) is 0 Å². The molecule has 6 nitrogen and oxygen atoms in total. The van der Waals surface area contributed by atoms with E-state index in [4.69, 9.17) is 27.5 Å². The maximum absolute atomic E-state index is 12.1. The molecule has 0 fully saturated rings. The van der Waals surface area contributed by atoms with E-state index >= 15 is 0 Å². The van der Waals surface area contributed by atoms with Gasteiger partial charge in [0, 0.05) is 12.7 Å². The first kappa shape index (κ1) is 16.4. The number of nitrogens with zero attached hydrogens (tertiary/aromatic N) is 1. The Kier molecular flexibility index (Phi) is 7.00. The highest BCUT2D eigenvalue weighted by atomic mass is 35.5. The number of hydrogen-bond donors (Lipinski definition) is 3. The standard InChI is InChI=1S/C13H19ClN4O2/c1-20-8-12(18(9-15)11(16)7-14)17-13(19)10-5-3-2-4-6-10/h2-6,9,11-12,15H,7-8,16H2,1H3,(H,17,19). The van der Waals surface area contributed by atoms with E-state index in [1.54, 1.807) is 24.3 Å². The summed E-state index contributed by atoms with van der Waals surface area (Å²) >= 11 is 5.70. The van der Waals surface area contributed by atoms with Crippen molar-refractivity contribution in [1.82, 2.24) is 10.2 Å². The van der Waals surface area contributed by atoms with Crippen LogP contribution in [-0.4, -0.2) is 49.1 Å². The number of methoxy groups -OCH3 is 1. The van der Waals surface area contributed by atoms with Crippen LogP contribution in [0, 0.1) is 5.41 Å². The average Bonchev–Trinajstić information content (AvgIpc) is 2.48. The molecule has 0 saturated carbocycles. The van der Waals surface area contributed by atoms with Crippen molar-refractivity contribution in [1.29, 1.82) is 5.41 Å². The second-order valence-corrected chi connectivity index (χ2v) is 4.42. The molecular weight excluding hydrogens is 280 g/mol. The number of halogens is 1. The van der Waals surface area contributed by atoms with E-state index in [0.29, 0.717) is 5.56 Å². The quantitative estimate of drug-likeness (QED) is 0.287. The lowest BCUT2D eigenvalue weighted by molar-refractivity contribution is 0.0724. The molecule has 0 spiro atoms. The number of ether oxygens (including phenoxy) is 1. The molecule has 0 aromatic heterocycles. The zero-order valence-corrected chi connectivity index (χ0v) is 12.0. The number of alkyl halides is 1. The molecule has 2 unspecified atom stereocenters. The van der Waals surface area contributed by atoms with Crippen LogP contribution in [0.1, 0.15) is 10.4 Å². The van der Waals surface area contributed by atoms with Gasteiger partial charge in [-0.1, -0.05) is 18.2 Å². The molecule has 0 bridgehead atoms. The lowest BCUT2D eigenvalue weighted by Gasteiger charge is -2.33. The van der Waals surface area contributed by atoms with E-state index in [1.807, 2.05) is 6.07 Å². The van der Waals surface area contributed by atoms with Crippen molar-refractivity contribution in [2.75, 3.05) is 19.6 Å². The highest BCUT2D eigenvalue weighted by Gasteiger charge is 2.23. The van der Waals surface area contributed by atoms with Crippen molar-refractivity contribution < 1.29 is 9.53 Å². The van der Waals surface area contributed by atoms with Crippen LogP contribution in [0.2, 0.25) is 0 Å². The van der Waals surface area contributed by atoms with Gasteiger partial charge in [0.1, 0.15) is 6.17 Å². The SMILES string of the molecule is COCC(NC(=O)c1ccccc1)N(C=N)C(N)CCl. The molecule has 0 radical (unpaired) electrons. The van der Waals surface area contributed by atoms with Gasteiger partial charge < -0.3 is 20.7 Å². The van der Waals surface area contributed by atoms with E-state index in [1.165, 1.54) is 12.0 Å². The molecule has 1 rings (SSSR count). The third kappa shape index (κ3) is 4.48. The van der Waals surface area contributed by atoms with Gasteiger partial charge in [-0.25, -0.2) is 0 Å². The molecule has 0 aliphatic carbocycles. The third-order valence-corrected chi connectivity index (χ3v) is 3.02. The first-order valence-electron chi connectivity index (χ1n) is 6.08. The minimum Gasteiger partial charge on any atom is -0.381 e. The number of carbonyl (C=O) groups excluding carboxylic acids is 1. The number of nitrogens with two attached hydrogens (primary N) is 1. The zero-order valence-electron chi connectivity index (χ0n) is 11.3. The van der Waals surface area contributed by atoms with Crippen LogP contribution >= 0.6 is 11.6 Å². The molecule has 7 heteroatoms. The monoisotopic (exact) mass is 298 g/mol. The fraction of sp³-hybridized carbons (Fsp3) is 0.385. The van der Waals surface area contributed by atoms with Crippen molar-refractivity contribution in [2.45, 2.75) is 12.3 Å². The molecule has 0 heterocycles. The summed E-state index contributed by atoms with van der Waals surface area (Å²) in [5.74, 6) is -0.127. The van der Waals surface area contributed by atoms with Crippen molar-refractivity contribution in [3.05, 3.63) is 35.9 Å². The molecule has 1 aromatic rings. The summed E-state index contributed by atoms with van der Waals surface area (Å²) < 4.78 is 5.06. The van der Waals surface area contributed by atoms with E-state index in [2.05, 4.69) is 5.32 Å². The molecule has 1 amide bonds. The fourth-order valence-corrected chi connectivity index (χ4v) is 1.84. The molecule has 0 aliphatic heterocycles. The fourth-order valence-electron chi connectivity index (χ4n) is 1.68. The van der Waals surface area contributed by atoms with Crippen molar-refractivity contribution in [3.8, 4) is 0 Å². The normalized spacial score (nSPS) is 13.3. The highest BCUT2D eigenvalue weighted by Crippen LogP contribution is 2.04. The van der Waals surface area contributed by atoms with Gasteiger partial charge in [-0.3, -0.25) is 10.2 Å². The lowest BCUT2D eigenvalue weighted by Crippen LogP contribution is -2.57. The summed E-state index contributed by atoms with van der Waals surface area (Å²) in [5.41, 5.74) is 6.34. The maximum Gasteiger partial charge on any atom is 0.252 e. The lowest BCUT2D eigenvalue weighted by atomic mass is 10.2. The van der Waals surface area contributed by atoms with Gasteiger partial charge in [0.2, 0.25) is 0 Å². The predicted molar refractivity (Wildman–Crippen MR) is 78.9 cm³/mol. The van der Waals surface area contributed by atoms with Crippen LogP contribution in [0.3, 0.4) is 0 Å². The molecule has 4 N–H and O–H groups in total. The first-order chi connectivity index (χ1) is 9.63. The minimum atomic E-state index is -0.578. The van der Waals surface area contributed by atoms with Gasteiger partial charge in [0.05, 0.1) is 25.0 Å². The summed E-state index contributed by atoms with van der Waals surface area (Å²) in [4.78, 5) is 13.6. The highest BCUT2D eigenvalue weighted by molar-refractivity contribution is 6.18. The van der Waals surface area contributed by atoms with Crippen LogP contribution < -0.4 is 11.1 Å². The van der Waals surface area contributed by atoms with Crippen LogP contribution in [-0.2, 0) is 4.74 Å². The number of benzene rings is 1. The Hall–Kier alpha value is -1.63. The summed E-state index contributed by atoms with van der Waals surface area (Å²) in [5, 5.41) is 10.2. The van der Waals surface area contributed by atoms with Crippen molar-refractivity contribution in [2.24, 2.45) is 5.73 Å². The Balaban J connectivity index is 2.80. The number of rotatable bonds is 8. The van der Waals surface area contributed by atoms with Crippen LogP contribution in [0.4, 0.5) is 0 Å². The van der Waals surface area contributed by atoms with Gasteiger partial charge in [0.15, 0.2) is 0 Å². The second-order valence-electron chi connectivity index (χ2n) is 4.11. The van der Waals surface area contributed by atoms with Crippen LogP contribution in [0.5, 0.6) is 0 Å². The van der Waals surface area contributed by atoms with Gasteiger partial charge in [-0.15, -0.1) is 11.6 Å². The number of carbonyl (C=O) groups is 1. The zero-order chi connectivity index (χ0) is 15.0. The smallest absolute Gasteiger partial charge is 0.252 e. The topological polar surface area (TPSA) is 91.4 Å². The predicted octanol–water partition coefficient (Wildman–Crippen LogP) is 0.822. The number of hydrogen-bond acceptors (Lipinski definition) is 4. The summed E-state index contributed by atoms with van der Waals surface area (Å²) in [7, 11) is 1.51. The van der Waals surface area contributed by atoms with Gasteiger partial charge in [-0.2, -0.15) is 0 Å². The largest absolute Gasteiger partial charge is 0.381 e. The Morgan fingerprint density at radius 1 is 1.55 bits per heavy atom. The Morgan fingerprint density at radius 2 is 2.20 bits per heavy atom. The number of amides is 1. The first-order valence-corrected chi connectivity index (χ1v) is 6.62. The maximum atomic E-state index is 12.1. The molecule has 0 saturated heterocycles. The number of nitrogens with one attached hydrogen (secondary N) is 2. The average molecular weight is 299 g/mol. The van der Waals surface area contributed by atoms with E-state index in [9.17, 15) is 4.79 Å². The van der Waals surface area contributed by atoms with E-state index < -0.39 is 12.3 Å².